The molecular formula is C11H16N2O2. The van der Waals surface area contributed by atoms with E-state index in [1.807, 2.05) is 12.1 Å². The first-order valence-electron chi connectivity index (χ1n) is 5.09. The van der Waals surface area contributed by atoms with Gasteiger partial charge in [-0.15, -0.1) is 0 Å². The summed E-state index contributed by atoms with van der Waals surface area (Å²) in [6.45, 7) is 2.34. The number of primary amides is 1. The lowest BCUT2D eigenvalue weighted by molar-refractivity contribution is 0.150. The number of nitrogens with two attached hydrogens (primary N) is 1. The first kappa shape index (κ1) is 11.5. The van der Waals surface area contributed by atoms with Gasteiger partial charge in [0.1, 0.15) is 6.61 Å². The number of unbranched alkanes of at least 4 members (excludes halogenated alkanes) is 1. The molecule has 1 aromatic rings. The minimum atomic E-state index is -0.750. The van der Waals surface area contributed by atoms with E-state index in [9.17, 15) is 4.79 Å². The monoisotopic (exact) mass is 208 g/mol. The second-order valence-electron chi connectivity index (χ2n) is 3.32. The van der Waals surface area contributed by atoms with Gasteiger partial charge in [-0.2, -0.15) is 0 Å². The standard InChI is InChI=1S/C11H16N2O2/c1-2-3-6-10-9(5-4-7-13-10)8-15-11(12)14/h4-5,7H,2-3,6,8H2,1H3,(H2,12,14). The molecule has 1 aromatic heterocycles. The minimum Gasteiger partial charge on any atom is -0.445 e. The Balaban J connectivity index is 2.63. The number of hydrogen-bond acceptors (Lipinski definition) is 3. The van der Waals surface area contributed by atoms with E-state index < -0.39 is 6.09 Å². The Hall–Kier alpha value is -1.58. The molecule has 0 saturated carbocycles. The maximum atomic E-state index is 10.5. The van der Waals surface area contributed by atoms with Crippen LogP contribution in [0.15, 0.2) is 18.3 Å². The van der Waals surface area contributed by atoms with Crippen molar-refractivity contribution in [1.29, 1.82) is 0 Å². The van der Waals surface area contributed by atoms with Crippen LogP contribution in [0.3, 0.4) is 0 Å². The predicted molar refractivity (Wildman–Crippen MR) is 57.2 cm³/mol. The lowest BCUT2D eigenvalue weighted by Crippen LogP contribution is -2.13. The maximum Gasteiger partial charge on any atom is 0.404 e. The number of carbonyl (C=O) groups excluding carboxylic acids is 1. The number of pyridine rings is 1. The maximum absolute atomic E-state index is 10.5. The van der Waals surface area contributed by atoms with Gasteiger partial charge >= 0.3 is 6.09 Å². The molecule has 0 fully saturated rings. The molecule has 0 atom stereocenters. The highest BCUT2D eigenvalue weighted by atomic mass is 16.5. The quantitative estimate of drug-likeness (QED) is 0.805. The van der Waals surface area contributed by atoms with Crippen LogP contribution in [0.1, 0.15) is 31.0 Å². The number of hydrogen-bond donors (Lipinski definition) is 1. The molecule has 0 spiro atoms. The van der Waals surface area contributed by atoms with Crippen molar-refractivity contribution in [2.45, 2.75) is 32.8 Å². The van der Waals surface area contributed by atoms with Crippen LogP contribution in [0.4, 0.5) is 4.79 Å². The first-order valence-corrected chi connectivity index (χ1v) is 5.09. The third-order valence-corrected chi connectivity index (χ3v) is 2.12. The summed E-state index contributed by atoms with van der Waals surface area (Å²) < 4.78 is 4.75. The molecule has 0 unspecified atom stereocenters. The van der Waals surface area contributed by atoms with Crippen molar-refractivity contribution in [3.05, 3.63) is 29.6 Å². The van der Waals surface area contributed by atoms with Gasteiger partial charge in [0.25, 0.3) is 0 Å². The van der Waals surface area contributed by atoms with Gasteiger partial charge in [-0.1, -0.05) is 19.4 Å². The van der Waals surface area contributed by atoms with Gasteiger partial charge in [-0.3, -0.25) is 4.98 Å². The fourth-order valence-corrected chi connectivity index (χ4v) is 1.32. The van der Waals surface area contributed by atoms with Gasteiger partial charge < -0.3 is 10.5 Å². The van der Waals surface area contributed by atoms with Crippen LogP contribution in [0, 0.1) is 0 Å². The van der Waals surface area contributed by atoms with Crippen LogP contribution in [-0.4, -0.2) is 11.1 Å². The fourth-order valence-electron chi connectivity index (χ4n) is 1.32. The number of carbonyl (C=O) groups is 1. The summed E-state index contributed by atoms with van der Waals surface area (Å²) in [5.74, 6) is 0. The average molecular weight is 208 g/mol. The summed E-state index contributed by atoms with van der Waals surface area (Å²) in [5, 5.41) is 0. The summed E-state index contributed by atoms with van der Waals surface area (Å²) in [4.78, 5) is 14.7. The second-order valence-corrected chi connectivity index (χ2v) is 3.32. The SMILES string of the molecule is CCCCc1ncccc1COC(N)=O. The van der Waals surface area contributed by atoms with Crippen molar-refractivity contribution in [2.24, 2.45) is 5.73 Å². The number of nitrogens with zero attached hydrogens (tertiary/aromatic N) is 1. The summed E-state index contributed by atoms with van der Waals surface area (Å²) >= 11 is 0. The number of aryl methyl sites for hydroxylation is 1. The predicted octanol–water partition coefficient (Wildman–Crippen LogP) is 2.02. The number of ether oxygens (including phenoxy) is 1. The molecular weight excluding hydrogens is 192 g/mol. The fraction of sp³-hybridized carbons (Fsp3) is 0.455. The molecule has 1 rings (SSSR count). The molecule has 82 valence electrons. The number of aromatic nitrogens is 1. The van der Waals surface area contributed by atoms with Gasteiger partial charge in [0.2, 0.25) is 0 Å². The highest BCUT2D eigenvalue weighted by Crippen LogP contribution is 2.10. The number of rotatable bonds is 5. The molecule has 1 heterocycles. The van der Waals surface area contributed by atoms with Gasteiger partial charge in [0.15, 0.2) is 0 Å². The van der Waals surface area contributed by atoms with E-state index in [0.717, 1.165) is 30.5 Å². The third-order valence-electron chi connectivity index (χ3n) is 2.12. The molecule has 2 N–H and O–H groups in total. The van der Waals surface area contributed by atoms with Gasteiger partial charge in [0.05, 0.1) is 0 Å². The van der Waals surface area contributed by atoms with Crippen molar-refractivity contribution < 1.29 is 9.53 Å². The summed E-state index contributed by atoms with van der Waals surface area (Å²) in [6.07, 6.45) is 4.11. The van der Waals surface area contributed by atoms with E-state index in [0.29, 0.717) is 0 Å². The summed E-state index contributed by atoms with van der Waals surface area (Å²) in [6, 6.07) is 3.73. The second kappa shape index (κ2) is 6.01. The Labute approximate surface area is 89.5 Å². The van der Waals surface area contributed by atoms with Crippen LogP contribution < -0.4 is 5.73 Å². The molecule has 1 amide bonds. The molecule has 0 aliphatic rings. The van der Waals surface area contributed by atoms with Crippen LogP contribution in [0.25, 0.3) is 0 Å². The Morgan fingerprint density at radius 3 is 3.07 bits per heavy atom. The van der Waals surface area contributed by atoms with Crippen LogP contribution >= 0.6 is 0 Å². The van der Waals surface area contributed by atoms with Crippen LogP contribution in [0.2, 0.25) is 0 Å². The largest absolute Gasteiger partial charge is 0.445 e. The molecule has 0 bridgehead atoms. The molecule has 4 nitrogen and oxygen atoms in total. The van der Waals surface area contributed by atoms with E-state index in [2.05, 4.69) is 11.9 Å². The van der Waals surface area contributed by atoms with Crippen LogP contribution in [-0.2, 0) is 17.8 Å². The first-order chi connectivity index (χ1) is 7.24. The van der Waals surface area contributed by atoms with E-state index in [-0.39, 0.29) is 6.61 Å². The van der Waals surface area contributed by atoms with Gasteiger partial charge in [-0.25, -0.2) is 4.79 Å². The Morgan fingerprint density at radius 1 is 1.60 bits per heavy atom. The van der Waals surface area contributed by atoms with Crippen molar-refractivity contribution in [1.82, 2.24) is 4.98 Å². The molecule has 0 aliphatic heterocycles. The van der Waals surface area contributed by atoms with Crippen molar-refractivity contribution in [2.75, 3.05) is 0 Å². The molecule has 0 radical (unpaired) electrons. The zero-order chi connectivity index (χ0) is 11.1. The normalized spacial score (nSPS) is 9.93. The zero-order valence-electron chi connectivity index (χ0n) is 8.90. The molecule has 0 aliphatic carbocycles. The summed E-state index contributed by atoms with van der Waals surface area (Å²) in [7, 11) is 0. The minimum absolute atomic E-state index is 0.211. The zero-order valence-corrected chi connectivity index (χ0v) is 8.90. The molecule has 15 heavy (non-hydrogen) atoms. The molecule has 0 saturated heterocycles. The van der Waals surface area contributed by atoms with Crippen LogP contribution in [0.5, 0.6) is 0 Å². The molecule has 4 heteroatoms. The van der Waals surface area contributed by atoms with Gasteiger partial charge in [-0.05, 0) is 18.9 Å². The van der Waals surface area contributed by atoms with Gasteiger partial charge in [0, 0.05) is 17.5 Å². The Bertz CT molecular complexity index is 326. The lowest BCUT2D eigenvalue weighted by Gasteiger charge is -2.07. The van der Waals surface area contributed by atoms with E-state index in [1.165, 1.54) is 0 Å². The van der Waals surface area contributed by atoms with E-state index in [1.54, 1.807) is 6.20 Å². The van der Waals surface area contributed by atoms with E-state index in [4.69, 9.17) is 10.5 Å². The smallest absolute Gasteiger partial charge is 0.404 e. The highest BCUT2D eigenvalue weighted by Gasteiger charge is 2.04. The lowest BCUT2D eigenvalue weighted by atomic mass is 10.1. The third kappa shape index (κ3) is 3.97. The Kier molecular flexibility index (Phi) is 4.60. The van der Waals surface area contributed by atoms with Crippen molar-refractivity contribution in [3.8, 4) is 0 Å². The Morgan fingerprint density at radius 2 is 2.40 bits per heavy atom. The number of amides is 1. The van der Waals surface area contributed by atoms with Crippen molar-refractivity contribution >= 4 is 6.09 Å². The summed E-state index contributed by atoms with van der Waals surface area (Å²) in [5.41, 5.74) is 6.83. The molecule has 0 aromatic carbocycles. The van der Waals surface area contributed by atoms with Crippen molar-refractivity contribution in [3.63, 3.8) is 0 Å². The topological polar surface area (TPSA) is 65.2 Å². The average Bonchev–Trinajstić information content (AvgIpc) is 2.24. The van der Waals surface area contributed by atoms with E-state index >= 15 is 0 Å². The highest BCUT2D eigenvalue weighted by molar-refractivity contribution is 5.64.